The molecule has 0 aromatic heterocycles. The molecular formula is C9H10ClFN2O. The van der Waals surface area contributed by atoms with Crippen molar-refractivity contribution in [2.45, 2.75) is 0 Å². The van der Waals surface area contributed by atoms with Gasteiger partial charge in [0, 0.05) is 6.54 Å². The molecule has 0 amide bonds. The van der Waals surface area contributed by atoms with E-state index in [0.29, 0.717) is 6.54 Å². The predicted octanol–water partition coefficient (Wildman–Crippen LogP) is 1.46. The zero-order valence-electron chi connectivity index (χ0n) is 7.37. The maximum atomic E-state index is 12.9. The van der Waals surface area contributed by atoms with Crippen LogP contribution in [0.25, 0.3) is 0 Å². The fourth-order valence-corrected chi connectivity index (χ4v) is 0.902. The number of benzene rings is 1. The van der Waals surface area contributed by atoms with Gasteiger partial charge in [-0.25, -0.2) is 4.39 Å². The molecule has 76 valence electrons. The van der Waals surface area contributed by atoms with Gasteiger partial charge in [0.25, 0.3) is 0 Å². The summed E-state index contributed by atoms with van der Waals surface area (Å²) in [6.45, 7) is 0.611. The van der Waals surface area contributed by atoms with Crippen molar-refractivity contribution in [1.82, 2.24) is 0 Å². The van der Waals surface area contributed by atoms with E-state index in [9.17, 15) is 4.39 Å². The largest absolute Gasteiger partial charge is 0.491 e. The average Bonchev–Trinajstić information content (AvgIpc) is 2.15. The number of hydrogen-bond acceptors (Lipinski definition) is 3. The highest BCUT2D eigenvalue weighted by atomic mass is 35.5. The van der Waals surface area contributed by atoms with Gasteiger partial charge in [0.15, 0.2) is 0 Å². The van der Waals surface area contributed by atoms with E-state index < -0.39 is 5.82 Å². The fourth-order valence-electron chi connectivity index (χ4n) is 0.902. The molecule has 0 bridgehead atoms. The second-order valence-corrected chi connectivity index (χ2v) is 2.36. The molecular weight excluding hydrogens is 207 g/mol. The molecule has 14 heavy (non-hydrogen) atoms. The Morgan fingerprint density at radius 3 is 2.79 bits per heavy atom. The molecule has 0 heterocycles. The van der Waals surface area contributed by atoms with Crippen LogP contribution in [-0.4, -0.2) is 13.2 Å². The molecule has 0 aliphatic rings. The summed E-state index contributed by atoms with van der Waals surface area (Å²) >= 11 is 0. The molecule has 0 unspecified atom stereocenters. The smallest absolute Gasteiger partial charge is 0.144 e. The minimum atomic E-state index is -0.572. The number of nitrogens with two attached hydrogens (primary N) is 1. The number of nitriles is 1. The van der Waals surface area contributed by atoms with Gasteiger partial charge in [-0.05, 0) is 12.1 Å². The van der Waals surface area contributed by atoms with Crippen LogP contribution in [0, 0.1) is 17.1 Å². The first-order valence-electron chi connectivity index (χ1n) is 3.81. The summed E-state index contributed by atoms with van der Waals surface area (Å²) in [5, 5.41) is 8.60. The quantitative estimate of drug-likeness (QED) is 0.832. The van der Waals surface area contributed by atoms with Crippen molar-refractivity contribution in [2.24, 2.45) is 5.73 Å². The van der Waals surface area contributed by atoms with Crippen molar-refractivity contribution < 1.29 is 9.13 Å². The van der Waals surface area contributed by atoms with Gasteiger partial charge in [0.2, 0.25) is 0 Å². The van der Waals surface area contributed by atoms with Crippen LogP contribution in [0.4, 0.5) is 4.39 Å². The molecule has 1 aromatic carbocycles. The van der Waals surface area contributed by atoms with E-state index in [1.165, 1.54) is 18.2 Å². The Labute approximate surface area is 87.7 Å². The minimum Gasteiger partial charge on any atom is -0.491 e. The molecule has 1 rings (SSSR count). The minimum absolute atomic E-state index is 0. The molecule has 0 aliphatic heterocycles. The highest BCUT2D eigenvalue weighted by Gasteiger charge is 2.07. The van der Waals surface area contributed by atoms with Gasteiger partial charge in [-0.2, -0.15) is 5.26 Å². The van der Waals surface area contributed by atoms with E-state index in [1.807, 2.05) is 0 Å². The Hall–Kier alpha value is -1.31. The van der Waals surface area contributed by atoms with Crippen LogP contribution >= 0.6 is 12.4 Å². The molecule has 5 heteroatoms. The molecule has 0 fully saturated rings. The maximum absolute atomic E-state index is 12.9. The van der Waals surface area contributed by atoms with Gasteiger partial charge >= 0.3 is 0 Å². The van der Waals surface area contributed by atoms with Crippen molar-refractivity contribution >= 4 is 12.4 Å². The molecule has 0 aliphatic carbocycles. The van der Waals surface area contributed by atoms with Crippen LogP contribution in [0.1, 0.15) is 5.56 Å². The first-order chi connectivity index (χ1) is 6.29. The number of halogens is 2. The number of nitrogens with zero attached hydrogens (tertiary/aromatic N) is 1. The SMILES string of the molecule is Cl.N#Cc1c(F)cccc1OCCN. The zero-order chi connectivity index (χ0) is 9.68. The third-order valence-electron chi connectivity index (χ3n) is 1.46. The van der Waals surface area contributed by atoms with Crippen molar-refractivity contribution in [3.05, 3.63) is 29.6 Å². The lowest BCUT2D eigenvalue weighted by atomic mass is 10.2. The first kappa shape index (κ1) is 12.7. The van der Waals surface area contributed by atoms with Crippen molar-refractivity contribution in [3.8, 4) is 11.8 Å². The van der Waals surface area contributed by atoms with Gasteiger partial charge in [0.05, 0.1) is 0 Å². The van der Waals surface area contributed by atoms with Crippen molar-refractivity contribution in [3.63, 3.8) is 0 Å². The van der Waals surface area contributed by atoms with E-state index in [4.69, 9.17) is 15.7 Å². The standard InChI is InChI=1S/C9H9FN2O.ClH/c10-8-2-1-3-9(7(8)6-12)13-5-4-11;/h1-3H,4-5,11H2;1H. The number of rotatable bonds is 3. The van der Waals surface area contributed by atoms with Crippen molar-refractivity contribution in [2.75, 3.05) is 13.2 Å². The van der Waals surface area contributed by atoms with Gasteiger partial charge in [-0.1, -0.05) is 6.07 Å². The Morgan fingerprint density at radius 1 is 1.50 bits per heavy atom. The highest BCUT2D eigenvalue weighted by Crippen LogP contribution is 2.19. The second-order valence-electron chi connectivity index (χ2n) is 2.36. The number of ether oxygens (including phenoxy) is 1. The zero-order valence-corrected chi connectivity index (χ0v) is 8.18. The van der Waals surface area contributed by atoms with Gasteiger partial charge < -0.3 is 10.5 Å². The monoisotopic (exact) mass is 216 g/mol. The summed E-state index contributed by atoms with van der Waals surface area (Å²) in [5.74, 6) is -0.329. The Bertz CT molecular complexity index is 338. The third-order valence-corrected chi connectivity index (χ3v) is 1.46. The van der Waals surface area contributed by atoms with Crippen LogP contribution in [0.3, 0.4) is 0 Å². The Morgan fingerprint density at radius 2 is 2.21 bits per heavy atom. The summed E-state index contributed by atoms with van der Waals surface area (Å²) in [6, 6.07) is 5.98. The van der Waals surface area contributed by atoms with Crippen LogP contribution < -0.4 is 10.5 Å². The van der Waals surface area contributed by atoms with Crippen LogP contribution in [0.5, 0.6) is 5.75 Å². The molecule has 0 saturated heterocycles. The van der Waals surface area contributed by atoms with Crippen LogP contribution in [0.15, 0.2) is 18.2 Å². The average molecular weight is 217 g/mol. The van der Waals surface area contributed by atoms with Gasteiger partial charge in [0.1, 0.15) is 29.8 Å². The lowest BCUT2D eigenvalue weighted by molar-refractivity contribution is 0.325. The summed E-state index contributed by atoms with van der Waals surface area (Å²) in [7, 11) is 0. The fraction of sp³-hybridized carbons (Fsp3) is 0.222. The molecule has 0 atom stereocenters. The topological polar surface area (TPSA) is 59.0 Å². The normalized spacial score (nSPS) is 8.64. The molecule has 3 nitrogen and oxygen atoms in total. The van der Waals surface area contributed by atoms with E-state index in [0.717, 1.165) is 0 Å². The molecule has 2 N–H and O–H groups in total. The summed E-state index contributed by atoms with van der Waals surface area (Å²) in [5.41, 5.74) is 5.13. The summed E-state index contributed by atoms with van der Waals surface area (Å²) < 4.78 is 18.0. The van der Waals surface area contributed by atoms with E-state index in [2.05, 4.69) is 0 Å². The maximum Gasteiger partial charge on any atom is 0.144 e. The van der Waals surface area contributed by atoms with E-state index in [1.54, 1.807) is 6.07 Å². The first-order valence-corrected chi connectivity index (χ1v) is 3.81. The Kier molecular flexibility index (Phi) is 5.61. The van der Waals surface area contributed by atoms with E-state index in [-0.39, 0.29) is 30.3 Å². The third kappa shape index (κ3) is 2.87. The van der Waals surface area contributed by atoms with Gasteiger partial charge in [-0.3, -0.25) is 0 Å². The second kappa shape index (κ2) is 6.19. The summed E-state index contributed by atoms with van der Waals surface area (Å²) in [6.07, 6.45) is 0. The highest BCUT2D eigenvalue weighted by molar-refractivity contribution is 5.85. The number of hydrogen-bond donors (Lipinski definition) is 1. The van der Waals surface area contributed by atoms with Gasteiger partial charge in [-0.15, -0.1) is 12.4 Å². The van der Waals surface area contributed by atoms with Crippen LogP contribution in [-0.2, 0) is 0 Å². The predicted molar refractivity (Wildman–Crippen MR) is 52.9 cm³/mol. The van der Waals surface area contributed by atoms with Crippen LogP contribution in [0.2, 0.25) is 0 Å². The van der Waals surface area contributed by atoms with E-state index >= 15 is 0 Å². The Balaban J connectivity index is 0.00000169. The van der Waals surface area contributed by atoms with Crippen molar-refractivity contribution in [1.29, 1.82) is 5.26 Å². The summed E-state index contributed by atoms with van der Waals surface area (Å²) in [4.78, 5) is 0. The molecule has 0 saturated carbocycles. The lowest BCUT2D eigenvalue weighted by Crippen LogP contribution is -2.11. The molecule has 1 aromatic rings. The molecule has 0 radical (unpaired) electrons. The lowest BCUT2D eigenvalue weighted by Gasteiger charge is -2.05. The molecule has 0 spiro atoms.